The van der Waals surface area contributed by atoms with Gasteiger partial charge in [-0.25, -0.2) is 4.57 Å². The van der Waals surface area contributed by atoms with Crippen LogP contribution in [0.25, 0.3) is 0 Å². The fraction of sp³-hybridized carbons (Fsp3) is 1.00. The molecule has 266 valence electrons. The van der Waals surface area contributed by atoms with Gasteiger partial charge >= 0.3 is 7.82 Å². The van der Waals surface area contributed by atoms with Crippen molar-refractivity contribution >= 4 is 7.82 Å². The molecule has 3 fully saturated rings. The van der Waals surface area contributed by atoms with Crippen LogP contribution in [-0.4, -0.2) is 196 Å². The van der Waals surface area contributed by atoms with Crippen LogP contribution < -0.4 is 0 Å². The van der Waals surface area contributed by atoms with E-state index in [9.17, 15) is 65.6 Å². The van der Waals surface area contributed by atoms with Crippen LogP contribution in [0.1, 0.15) is 13.8 Å². The first-order valence-electron chi connectivity index (χ1n) is 13.9. The minimum absolute atomic E-state index is 0.834. The summed E-state index contributed by atoms with van der Waals surface area (Å²) in [6, 6.07) is 0. The zero-order valence-corrected chi connectivity index (χ0v) is 24.9. The molecule has 0 bridgehead atoms. The van der Waals surface area contributed by atoms with Crippen LogP contribution in [-0.2, 0) is 37.3 Å². The van der Waals surface area contributed by atoms with E-state index in [1.165, 1.54) is 13.8 Å². The molecule has 0 aromatic heterocycles. The molecule has 0 saturated carbocycles. The van der Waals surface area contributed by atoms with Gasteiger partial charge in [0.05, 0.1) is 32.0 Å². The van der Waals surface area contributed by atoms with E-state index in [0.717, 1.165) is 0 Å². The second-order valence-electron chi connectivity index (χ2n) is 10.9. The van der Waals surface area contributed by atoms with E-state index < -0.39 is 138 Å². The maximum absolute atomic E-state index is 13.0. The standard InChI is InChI=1S/C23H43O21P/c1-6-11(29)14(32)16(34)21(38-6)42-20-13(31)10(5-26)40-23(20)44-45(36,37)43-18-7(2)39-22(17(35)15(18)33)41-19(9(28)4-25)12(30)8(27)3-24/h6-35H,3-5H2,1-2H3,(H,36,37)/t6-,7-,8-,9+,10-,11-,12+,13-,14+,15-,16+,17+,18-,19+,20+,21-,22-,23-/m0/s1. The maximum atomic E-state index is 13.0. The Morgan fingerprint density at radius 1 is 0.667 bits per heavy atom. The lowest BCUT2D eigenvalue weighted by atomic mass is 9.99. The molecule has 22 heteroatoms. The Morgan fingerprint density at radius 3 is 1.82 bits per heavy atom. The van der Waals surface area contributed by atoms with E-state index in [2.05, 4.69) is 0 Å². The van der Waals surface area contributed by atoms with Crippen molar-refractivity contribution in [2.75, 3.05) is 19.8 Å². The second kappa shape index (κ2) is 16.2. The number of rotatable bonds is 14. The lowest BCUT2D eigenvalue weighted by Crippen LogP contribution is -2.60. The Kier molecular flexibility index (Phi) is 14.0. The third-order valence-electron chi connectivity index (χ3n) is 7.62. The smallest absolute Gasteiger partial charge is 0.394 e. The largest absolute Gasteiger partial charge is 0.475 e. The first-order valence-corrected chi connectivity index (χ1v) is 15.4. The van der Waals surface area contributed by atoms with Crippen molar-refractivity contribution in [1.29, 1.82) is 0 Å². The summed E-state index contributed by atoms with van der Waals surface area (Å²) in [5.74, 6) is 0. The Labute approximate surface area is 255 Å². The van der Waals surface area contributed by atoms with Crippen molar-refractivity contribution in [1.82, 2.24) is 0 Å². The molecule has 0 aliphatic carbocycles. The van der Waals surface area contributed by atoms with Crippen molar-refractivity contribution in [3.8, 4) is 0 Å². The number of phosphoric ester groups is 1. The molecular weight excluding hydrogens is 643 g/mol. The number of aliphatic hydroxyl groups excluding tert-OH is 12. The number of phosphoric acid groups is 1. The molecule has 1 unspecified atom stereocenters. The molecule has 0 aromatic carbocycles. The van der Waals surface area contributed by atoms with Gasteiger partial charge in [0.2, 0.25) is 0 Å². The molecule has 3 aliphatic heterocycles. The Morgan fingerprint density at radius 2 is 1.24 bits per heavy atom. The third kappa shape index (κ3) is 8.92. The minimum atomic E-state index is -5.37. The second-order valence-corrected chi connectivity index (χ2v) is 12.3. The van der Waals surface area contributed by atoms with E-state index in [-0.39, 0.29) is 0 Å². The van der Waals surface area contributed by atoms with Crippen LogP contribution in [0.2, 0.25) is 0 Å². The predicted molar refractivity (Wildman–Crippen MR) is 138 cm³/mol. The van der Waals surface area contributed by atoms with Gasteiger partial charge in [-0.3, -0.25) is 9.05 Å². The summed E-state index contributed by atoms with van der Waals surface area (Å²) in [4.78, 5) is 10.5. The van der Waals surface area contributed by atoms with Crippen LogP contribution >= 0.6 is 7.82 Å². The van der Waals surface area contributed by atoms with E-state index in [1.54, 1.807) is 0 Å². The first kappa shape index (κ1) is 38.9. The number of hydrogen-bond acceptors (Lipinski definition) is 20. The zero-order valence-electron chi connectivity index (χ0n) is 24.0. The fourth-order valence-electron chi connectivity index (χ4n) is 4.92. The van der Waals surface area contributed by atoms with Crippen LogP contribution in [0.4, 0.5) is 0 Å². The molecule has 45 heavy (non-hydrogen) atoms. The van der Waals surface area contributed by atoms with E-state index >= 15 is 0 Å². The van der Waals surface area contributed by atoms with E-state index in [0.29, 0.717) is 0 Å². The quantitative estimate of drug-likeness (QED) is 0.0755. The average Bonchev–Trinajstić information content (AvgIpc) is 3.29. The van der Waals surface area contributed by atoms with Crippen molar-refractivity contribution in [2.24, 2.45) is 0 Å². The van der Waals surface area contributed by atoms with Gasteiger partial charge in [-0.05, 0) is 13.8 Å². The average molecular weight is 687 g/mol. The number of aliphatic hydroxyl groups is 12. The molecule has 3 heterocycles. The van der Waals surface area contributed by atoms with Crippen LogP contribution in [0.15, 0.2) is 0 Å². The normalized spacial score (nSPS) is 45.0. The van der Waals surface area contributed by atoms with Crippen LogP contribution in [0, 0.1) is 0 Å². The van der Waals surface area contributed by atoms with Crippen molar-refractivity contribution in [2.45, 2.75) is 124 Å². The minimum Gasteiger partial charge on any atom is -0.394 e. The SMILES string of the molecule is C[C@@H]1O[C@@H](O[C@H]2[C@H](OP(=O)(O)O[C@@H]3[C@@H](O)[C@@H](O)[C@H](O[C@@H]([C@H](O)[C@@H](O)CO)[C@H](O)CO)O[C@H]3C)O[C@@H](CO)[C@@H]2O)[C@H](O)[C@H](O)[C@H]1O. The summed E-state index contributed by atoms with van der Waals surface area (Å²) in [5, 5.41) is 120. The van der Waals surface area contributed by atoms with Gasteiger partial charge in [-0.15, -0.1) is 0 Å². The molecule has 0 spiro atoms. The van der Waals surface area contributed by atoms with Crippen LogP contribution in [0.5, 0.6) is 0 Å². The van der Waals surface area contributed by atoms with Crippen LogP contribution in [0.3, 0.4) is 0 Å². The molecule has 3 saturated heterocycles. The molecule has 0 amide bonds. The summed E-state index contributed by atoms with van der Waals surface area (Å²) in [7, 11) is -5.37. The molecule has 21 nitrogen and oxygen atoms in total. The first-order chi connectivity index (χ1) is 21.0. The van der Waals surface area contributed by atoms with Gasteiger partial charge in [-0.2, -0.15) is 0 Å². The molecule has 0 radical (unpaired) electrons. The van der Waals surface area contributed by atoms with Crippen molar-refractivity contribution in [3.05, 3.63) is 0 Å². The lowest BCUT2D eigenvalue weighted by molar-refractivity contribution is -0.322. The lowest BCUT2D eigenvalue weighted by Gasteiger charge is -2.43. The highest BCUT2D eigenvalue weighted by molar-refractivity contribution is 7.47. The van der Waals surface area contributed by atoms with E-state index in [4.69, 9.17) is 37.8 Å². The summed E-state index contributed by atoms with van der Waals surface area (Å²) in [6.45, 7) is -0.266. The van der Waals surface area contributed by atoms with Crippen molar-refractivity contribution in [3.63, 3.8) is 0 Å². The van der Waals surface area contributed by atoms with Gasteiger partial charge in [0.25, 0.3) is 0 Å². The maximum Gasteiger partial charge on any atom is 0.475 e. The highest BCUT2D eigenvalue weighted by Crippen LogP contribution is 2.50. The van der Waals surface area contributed by atoms with Gasteiger partial charge in [0.1, 0.15) is 79.4 Å². The molecule has 13 N–H and O–H groups in total. The Hall–Kier alpha value is -0.570. The third-order valence-corrected chi connectivity index (χ3v) is 8.60. The molecule has 3 aliphatic rings. The van der Waals surface area contributed by atoms with Crippen molar-refractivity contribution < 1.29 is 103 Å². The van der Waals surface area contributed by atoms with E-state index in [1.807, 2.05) is 0 Å². The monoisotopic (exact) mass is 686 g/mol. The predicted octanol–water partition coefficient (Wildman–Crippen LogP) is -7.30. The molecule has 19 atom stereocenters. The summed E-state index contributed by atoms with van der Waals surface area (Å²) >= 11 is 0. The highest BCUT2D eigenvalue weighted by atomic mass is 31.2. The number of ether oxygens (including phenoxy) is 5. The molecular formula is C23H43O21P. The van der Waals surface area contributed by atoms with Gasteiger partial charge < -0.3 is 89.9 Å². The Balaban J connectivity index is 1.71. The summed E-state index contributed by atoms with van der Waals surface area (Å²) < 4.78 is 49.8. The topological polar surface area (TPSA) is 345 Å². The highest BCUT2D eigenvalue weighted by Gasteiger charge is 2.54. The van der Waals surface area contributed by atoms with Gasteiger partial charge in [0, 0.05) is 0 Å². The molecule has 0 aromatic rings. The zero-order chi connectivity index (χ0) is 34.0. The fourth-order valence-corrected chi connectivity index (χ4v) is 6.01. The number of hydrogen-bond donors (Lipinski definition) is 13. The summed E-state index contributed by atoms with van der Waals surface area (Å²) in [5.41, 5.74) is 0. The van der Waals surface area contributed by atoms with Gasteiger partial charge in [-0.1, -0.05) is 0 Å². The van der Waals surface area contributed by atoms with Gasteiger partial charge in [0.15, 0.2) is 18.9 Å². The molecule has 3 rings (SSSR count). The summed E-state index contributed by atoms with van der Waals surface area (Å²) in [6.07, 6.45) is -31.7. The Bertz CT molecular complexity index is 964.